The normalized spacial score (nSPS) is 14.2. The molecule has 0 saturated carbocycles. The Hall–Kier alpha value is -1.74. The molecule has 1 aliphatic rings. The lowest BCUT2D eigenvalue weighted by atomic mass is 9.99. The largest absolute Gasteiger partial charge is 0.398 e. The third-order valence-electron chi connectivity index (χ3n) is 3.76. The zero-order chi connectivity index (χ0) is 14.1. The van der Waals surface area contributed by atoms with Gasteiger partial charge in [0.2, 0.25) is 0 Å². The molecule has 2 aromatic carbocycles. The van der Waals surface area contributed by atoms with E-state index in [2.05, 4.69) is 11.0 Å². The Kier molecular flexibility index (Phi) is 3.53. The van der Waals surface area contributed by atoms with Crippen LogP contribution in [0.25, 0.3) is 0 Å². The van der Waals surface area contributed by atoms with Crippen molar-refractivity contribution in [1.29, 1.82) is 0 Å². The molecule has 2 aromatic rings. The van der Waals surface area contributed by atoms with Crippen LogP contribution < -0.4 is 10.6 Å². The van der Waals surface area contributed by atoms with Gasteiger partial charge in [0, 0.05) is 29.5 Å². The first-order valence-electron chi connectivity index (χ1n) is 6.71. The fourth-order valence-electron chi connectivity index (χ4n) is 2.75. The quantitative estimate of drug-likeness (QED) is 0.847. The van der Waals surface area contributed by atoms with E-state index in [0.717, 1.165) is 36.3 Å². The van der Waals surface area contributed by atoms with Crippen molar-refractivity contribution >= 4 is 23.0 Å². The van der Waals surface area contributed by atoms with E-state index in [1.807, 2.05) is 12.1 Å². The predicted molar refractivity (Wildman–Crippen MR) is 81.6 cm³/mol. The van der Waals surface area contributed by atoms with Crippen LogP contribution >= 0.6 is 11.6 Å². The molecule has 0 saturated heterocycles. The Bertz CT molecular complexity index is 642. The van der Waals surface area contributed by atoms with Crippen LogP contribution in [0.15, 0.2) is 36.4 Å². The summed E-state index contributed by atoms with van der Waals surface area (Å²) in [6.45, 7) is 1.64. The van der Waals surface area contributed by atoms with Crippen molar-refractivity contribution in [2.75, 3.05) is 17.2 Å². The molecule has 0 bridgehead atoms. The lowest BCUT2D eigenvalue weighted by Gasteiger charge is -2.32. The highest BCUT2D eigenvalue weighted by Gasteiger charge is 2.19. The van der Waals surface area contributed by atoms with E-state index in [0.29, 0.717) is 11.6 Å². The van der Waals surface area contributed by atoms with Crippen LogP contribution in [-0.2, 0) is 13.0 Å². The number of anilines is 2. The predicted octanol–water partition coefficient (Wildman–Crippen LogP) is 4.01. The zero-order valence-corrected chi connectivity index (χ0v) is 11.8. The molecule has 0 radical (unpaired) electrons. The smallest absolute Gasteiger partial charge is 0.124 e. The summed E-state index contributed by atoms with van der Waals surface area (Å²) in [5, 5.41) is 0.473. The maximum Gasteiger partial charge on any atom is 0.124 e. The highest BCUT2D eigenvalue weighted by Crippen LogP contribution is 2.33. The molecule has 0 amide bonds. The average Bonchev–Trinajstić information content (AvgIpc) is 2.43. The Morgan fingerprint density at radius 3 is 2.90 bits per heavy atom. The summed E-state index contributed by atoms with van der Waals surface area (Å²) in [4.78, 5) is 2.26. The van der Waals surface area contributed by atoms with Crippen LogP contribution in [0.5, 0.6) is 0 Å². The molecule has 104 valence electrons. The Balaban J connectivity index is 1.91. The summed E-state index contributed by atoms with van der Waals surface area (Å²) in [6, 6.07) is 10.6. The van der Waals surface area contributed by atoms with Gasteiger partial charge in [0.15, 0.2) is 0 Å². The maximum atomic E-state index is 13.1. The van der Waals surface area contributed by atoms with Crippen LogP contribution in [-0.4, -0.2) is 6.54 Å². The van der Waals surface area contributed by atoms with Crippen LogP contribution in [0.3, 0.4) is 0 Å². The van der Waals surface area contributed by atoms with E-state index in [-0.39, 0.29) is 5.82 Å². The summed E-state index contributed by atoms with van der Waals surface area (Å²) in [5.41, 5.74) is 10.2. The SMILES string of the molecule is Nc1cccc2c1CCCN2Cc1ccc(F)cc1Cl. The van der Waals surface area contributed by atoms with Gasteiger partial charge in [-0.15, -0.1) is 0 Å². The van der Waals surface area contributed by atoms with E-state index >= 15 is 0 Å². The highest BCUT2D eigenvalue weighted by molar-refractivity contribution is 6.31. The maximum absolute atomic E-state index is 13.1. The van der Waals surface area contributed by atoms with E-state index in [9.17, 15) is 4.39 Å². The summed E-state index contributed by atoms with van der Waals surface area (Å²) in [5.74, 6) is -0.304. The molecule has 2 N–H and O–H groups in total. The van der Waals surface area contributed by atoms with Crippen LogP contribution in [0, 0.1) is 5.82 Å². The second-order valence-corrected chi connectivity index (χ2v) is 5.51. The van der Waals surface area contributed by atoms with Crippen molar-refractivity contribution in [3.05, 3.63) is 58.4 Å². The number of hydrogen-bond donors (Lipinski definition) is 1. The second kappa shape index (κ2) is 5.33. The number of hydrogen-bond acceptors (Lipinski definition) is 2. The number of rotatable bonds is 2. The third-order valence-corrected chi connectivity index (χ3v) is 4.11. The molecule has 4 heteroatoms. The first-order chi connectivity index (χ1) is 9.65. The van der Waals surface area contributed by atoms with Gasteiger partial charge in [-0.3, -0.25) is 0 Å². The molecule has 20 heavy (non-hydrogen) atoms. The summed E-state index contributed by atoms with van der Waals surface area (Å²) in [7, 11) is 0. The first kappa shape index (κ1) is 13.3. The van der Waals surface area contributed by atoms with Gasteiger partial charge in [-0.25, -0.2) is 4.39 Å². The van der Waals surface area contributed by atoms with E-state index in [1.54, 1.807) is 6.07 Å². The minimum atomic E-state index is -0.304. The minimum Gasteiger partial charge on any atom is -0.398 e. The summed E-state index contributed by atoms with van der Waals surface area (Å²) in [6.07, 6.45) is 2.08. The van der Waals surface area contributed by atoms with Gasteiger partial charge in [0.25, 0.3) is 0 Å². The fourth-order valence-corrected chi connectivity index (χ4v) is 2.97. The van der Waals surface area contributed by atoms with Gasteiger partial charge < -0.3 is 10.6 Å². The van der Waals surface area contributed by atoms with Gasteiger partial charge in [-0.2, -0.15) is 0 Å². The molecule has 1 heterocycles. The molecule has 2 nitrogen and oxygen atoms in total. The van der Waals surface area contributed by atoms with Crippen LogP contribution in [0.2, 0.25) is 5.02 Å². The molecule has 0 aromatic heterocycles. The van der Waals surface area contributed by atoms with Crippen molar-refractivity contribution in [2.45, 2.75) is 19.4 Å². The van der Waals surface area contributed by atoms with E-state index < -0.39 is 0 Å². The van der Waals surface area contributed by atoms with Crippen LogP contribution in [0.4, 0.5) is 15.8 Å². The summed E-state index contributed by atoms with van der Waals surface area (Å²) < 4.78 is 13.1. The number of nitrogens with zero attached hydrogens (tertiary/aromatic N) is 1. The Morgan fingerprint density at radius 2 is 2.10 bits per heavy atom. The number of benzene rings is 2. The lowest BCUT2D eigenvalue weighted by molar-refractivity contribution is 0.626. The van der Waals surface area contributed by atoms with Gasteiger partial charge in [-0.05, 0) is 48.2 Å². The molecule has 0 aliphatic carbocycles. The van der Waals surface area contributed by atoms with Gasteiger partial charge in [-0.1, -0.05) is 23.7 Å². The van der Waals surface area contributed by atoms with E-state index in [1.165, 1.54) is 17.7 Å². The van der Waals surface area contributed by atoms with E-state index in [4.69, 9.17) is 17.3 Å². The molecule has 3 rings (SSSR count). The number of halogens is 2. The third kappa shape index (κ3) is 2.46. The van der Waals surface area contributed by atoms with Crippen molar-refractivity contribution in [3.63, 3.8) is 0 Å². The van der Waals surface area contributed by atoms with Gasteiger partial charge in [0.1, 0.15) is 5.82 Å². The number of fused-ring (bicyclic) bond motifs is 1. The fraction of sp³-hybridized carbons (Fsp3) is 0.250. The van der Waals surface area contributed by atoms with Crippen LogP contribution in [0.1, 0.15) is 17.5 Å². The van der Waals surface area contributed by atoms with Gasteiger partial charge in [0.05, 0.1) is 0 Å². The lowest BCUT2D eigenvalue weighted by Crippen LogP contribution is -2.29. The highest BCUT2D eigenvalue weighted by atomic mass is 35.5. The topological polar surface area (TPSA) is 29.3 Å². The van der Waals surface area contributed by atoms with Crippen molar-refractivity contribution < 1.29 is 4.39 Å². The minimum absolute atomic E-state index is 0.304. The second-order valence-electron chi connectivity index (χ2n) is 5.11. The number of nitrogen functional groups attached to an aromatic ring is 1. The average molecular weight is 291 g/mol. The molecular weight excluding hydrogens is 275 g/mol. The standard InChI is InChI=1S/C16H16ClFN2/c17-14-9-12(18)7-6-11(14)10-20-8-2-3-13-15(19)4-1-5-16(13)20/h1,4-7,9H,2-3,8,10,19H2. The zero-order valence-electron chi connectivity index (χ0n) is 11.1. The van der Waals surface area contributed by atoms with Crippen molar-refractivity contribution in [3.8, 4) is 0 Å². The molecule has 1 aliphatic heterocycles. The molecule has 0 unspecified atom stereocenters. The molecular formula is C16H16ClFN2. The molecule has 0 atom stereocenters. The first-order valence-corrected chi connectivity index (χ1v) is 7.09. The summed E-state index contributed by atoms with van der Waals surface area (Å²) >= 11 is 6.12. The van der Waals surface area contributed by atoms with Crippen molar-refractivity contribution in [2.24, 2.45) is 0 Å². The monoisotopic (exact) mass is 290 g/mol. The Labute approximate surface area is 123 Å². The van der Waals surface area contributed by atoms with Crippen molar-refractivity contribution in [1.82, 2.24) is 0 Å². The van der Waals surface area contributed by atoms with Gasteiger partial charge >= 0.3 is 0 Å². The number of nitrogens with two attached hydrogens (primary N) is 1. The Morgan fingerprint density at radius 1 is 1.25 bits per heavy atom. The molecule has 0 spiro atoms. The molecule has 0 fully saturated rings.